The Bertz CT molecular complexity index is 1260. The fraction of sp³-hybridized carbons (Fsp3) is 0.192. The van der Waals surface area contributed by atoms with Gasteiger partial charge in [-0.25, -0.2) is 4.98 Å². The Hall–Kier alpha value is -3.04. The molecule has 0 unspecified atom stereocenters. The zero-order valence-electron chi connectivity index (χ0n) is 17.4. The summed E-state index contributed by atoms with van der Waals surface area (Å²) < 4.78 is 0. The van der Waals surface area contributed by atoms with Gasteiger partial charge in [-0.05, 0) is 56.2 Å². The lowest BCUT2D eigenvalue weighted by Gasteiger charge is -2.42. The quantitative estimate of drug-likeness (QED) is 0.369. The number of anilines is 4. The van der Waals surface area contributed by atoms with E-state index < -0.39 is 0 Å². The lowest BCUT2D eigenvalue weighted by atomic mass is 9.95. The number of fused-ring (bicyclic) bond motifs is 3. The fourth-order valence-corrected chi connectivity index (χ4v) is 4.48. The maximum absolute atomic E-state index is 6.54. The molecule has 0 saturated heterocycles. The molecular formula is C26H24ClN3. The number of pyridine rings is 1. The van der Waals surface area contributed by atoms with Gasteiger partial charge in [-0.15, -0.1) is 0 Å². The van der Waals surface area contributed by atoms with Crippen LogP contribution < -0.4 is 10.2 Å². The molecule has 0 fully saturated rings. The molecular weight excluding hydrogens is 390 g/mol. The van der Waals surface area contributed by atoms with E-state index in [1.807, 2.05) is 24.3 Å². The number of nitrogens with one attached hydrogen (secondary N) is 1. The fourth-order valence-electron chi connectivity index (χ4n) is 4.28. The number of halogens is 1. The molecule has 1 aliphatic rings. The lowest BCUT2D eigenvalue weighted by molar-refractivity contribution is 0.555. The Morgan fingerprint density at radius 3 is 2.40 bits per heavy atom. The van der Waals surface area contributed by atoms with Crippen molar-refractivity contribution < 1.29 is 0 Å². The van der Waals surface area contributed by atoms with Crippen LogP contribution in [0.25, 0.3) is 10.9 Å². The van der Waals surface area contributed by atoms with Crippen molar-refractivity contribution in [1.82, 2.24) is 4.98 Å². The van der Waals surface area contributed by atoms with Crippen LogP contribution in [0.3, 0.4) is 0 Å². The summed E-state index contributed by atoms with van der Waals surface area (Å²) in [4.78, 5) is 7.46. The summed E-state index contributed by atoms with van der Waals surface area (Å²) in [6.45, 7) is 6.68. The highest BCUT2D eigenvalue weighted by molar-refractivity contribution is 6.31. The molecule has 0 atom stereocenters. The van der Waals surface area contributed by atoms with Crippen molar-refractivity contribution in [3.05, 3.63) is 88.9 Å². The molecule has 4 heteroatoms. The number of hydrogen-bond acceptors (Lipinski definition) is 3. The van der Waals surface area contributed by atoms with Crippen LogP contribution in [0.15, 0.2) is 72.8 Å². The molecule has 1 aromatic heterocycles. The second-order valence-electron chi connectivity index (χ2n) is 8.72. The summed E-state index contributed by atoms with van der Waals surface area (Å²) in [5.74, 6) is 0.960. The molecule has 3 nitrogen and oxygen atoms in total. The molecule has 0 spiro atoms. The first-order chi connectivity index (χ1) is 14.4. The Labute approximate surface area is 182 Å². The molecule has 3 aromatic carbocycles. The second-order valence-corrected chi connectivity index (χ2v) is 9.13. The Kier molecular flexibility index (Phi) is 4.44. The molecule has 2 heterocycles. The monoisotopic (exact) mass is 413 g/mol. The molecule has 4 aromatic rings. The van der Waals surface area contributed by atoms with Crippen molar-refractivity contribution in [2.75, 3.05) is 10.2 Å². The van der Waals surface area contributed by atoms with Crippen molar-refractivity contribution >= 4 is 45.4 Å². The summed E-state index contributed by atoms with van der Waals surface area (Å²) in [5, 5.41) is 5.63. The Balaban J connectivity index is 1.81. The van der Waals surface area contributed by atoms with Crippen molar-refractivity contribution in [2.45, 2.75) is 32.7 Å². The van der Waals surface area contributed by atoms with E-state index in [2.05, 4.69) is 79.5 Å². The Morgan fingerprint density at radius 2 is 1.60 bits per heavy atom. The van der Waals surface area contributed by atoms with Gasteiger partial charge in [0.25, 0.3) is 0 Å². The minimum Gasteiger partial charge on any atom is -0.351 e. The predicted octanol–water partition coefficient (Wildman–Crippen LogP) is 7.47. The predicted molar refractivity (Wildman–Crippen MR) is 128 cm³/mol. The van der Waals surface area contributed by atoms with Crippen molar-refractivity contribution in [2.24, 2.45) is 0 Å². The zero-order valence-corrected chi connectivity index (χ0v) is 18.2. The van der Waals surface area contributed by atoms with Crippen LogP contribution >= 0.6 is 11.6 Å². The van der Waals surface area contributed by atoms with Gasteiger partial charge in [-0.2, -0.15) is 0 Å². The van der Waals surface area contributed by atoms with Crippen LogP contribution in [0.4, 0.5) is 22.9 Å². The lowest BCUT2D eigenvalue weighted by Crippen LogP contribution is -2.40. The van der Waals surface area contributed by atoms with E-state index in [1.165, 1.54) is 5.56 Å². The van der Waals surface area contributed by atoms with Crippen LogP contribution in [0.5, 0.6) is 0 Å². The summed E-state index contributed by atoms with van der Waals surface area (Å²) >= 11 is 6.54. The van der Waals surface area contributed by atoms with Gasteiger partial charge in [0.15, 0.2) is 5.82 Å². The molecule has 0 aliphatic carbocycles. The first-order valence-corrected chi connectivity index (χ1v) is 10.6. The maximum Gasteiger partial charge on any atom is 0.158 e. The van der Waals surface area contributed by atoms with Gasteiger partial charge >= 0.3 is 0 Å². The molecule has 30 heavy (non-hydrogen) atoms. The normalized spacial score (nSPS) is 13.0. The molecule has 1 aliphatic heterocycles. The van der Waals surface area contributed by atoms with E-state index in [4.69, 9.17) is 16.6 Å². The van der Waals surface area contributed by atoms with Crippen LogP contribution in [0, 0.1) is 0 Å². The first-order valence-electron chi connectivity index (χ1n) is 10.2. The highest BCUT2D eigenvalue weighted by Crippen LogP contribution is 2.49. The minimum atomic E-state index is -0.135. The highest BCUT2D eigenvalue weighted by atomic mass is 35.5. The van der Waals surface area contributed by atoms with Gasteiger partial charge in [0.1, 0.15) is 0 Å². The number of nitrogens with zero attached hydrogens (tertiary/aromatic N) is 2. The van der Waals surface area contributed by atoms with Crippen LogP contribution in [0.1, 0.15) is 31.9 Å². The van der Waals surface area contributed by atoms with Crippen molar-refractivity contribution in [3.63, 3.8) is 0 Å². The largest absolute Gasteiger partial charge is 0.351 e. The third kappa shape index (κ3) is 3.10. The van der Waals surface area contributed by atoms with E-state index in [0.29, 0.717) is 0 Å². The van der Waals surface area contributed by atoms with Crippen LogP contribution in [-0.2, 0) is 6.42 Å². The SMILES string of the molecule is CC(C)(C)N1c2ccccc2Nc2c1nc1ccccc1c2Cc1ccccc1Cl. The summed E-state index contributed by atoms with van der Waals surface area (Å²) in [5.41, 5.74) is 6.48. The average molecular weight is 414 g/mol. The zero-order chi connectivity index (χ0) is 20.9. The van der Waals surface area contributed by atoms with Crippen molar-refractivity contribution in [1.29, 1.82) is 0 Å². The van der Waals surface area contributed by atoms with E-state index in [0.717, 1.165) is 50.8 Å². The minimum absolute atomic E-state index is 0.135. The van der Waals surface area contributed by atoms with E-state index in [-0.39, 0.29) is 5.54 Å². The van der Waals surface area contributed by atoms with Crippen LogP contribution in [0.2, 0.25) is 5.02 Å². The smallest absolute Gasteiger partial charge is 0.158 e. The first kappa shape index (κ1) is 19.0. The number of benzene rings is 3. The second kappa shape index (κ2) is 7.03. The number of hydrogen-bond donors (Lipinski definition) is 1. The number of rotatable bonds is 2. The van der Waals surface area contributed by atoms with E-state index in [1.54, 1.807) is 0 Å². The molecule has 1 N–H and O–H groups in total. The molecule has 150 valence electrons. The van der Waals surface area contributed by atoms with Crippen LogP contribution in [-0.4, -0.2) is 10.5 Å². The third-order valence-electron chi connectivity index (χ3n) is 5.59. The molecule has 0 saturated carbocycles. The molecule has 0 amide bonds. The summed E-state index contributed by atoms with van der Waals surface area (Å²) in [6.07, 6.45) is 0.734. The van der Waals surface area contributed by atoms with Gasteiger partial charge in [-0.3, -0.25) is 0 Å². The summed E-state index contributed by atoms with van der Waals surface area (Å²) in [7, 11) is 0. The standard InChI is InChI=1S/C26H24ClN3/c1-26(2,3)30-23-15-9-8-14-22(23)28-24-19(16-17-10-4-6-12-20(17)27)18-11-5-7-13-21(18)29-25(24)30/h4-15,28H,16H2,1-3H3. The van der Waals surface area contributed by atoms with Gasteiger partial charge in [-0.1, -0.05) is 60.1 Å². The molecule has 0 radical (unpaired) electrons. The topological polar surface area (TPSA) is 28.2 Å². The summed E-state index contributed by atoms with van der Waals surface area (Å²) in [6, 6.07) is 24.9. The van der Waals surface area contributed by atoms with Crippen molar-refractivity contribution in [3.8, 4) is 0 Å². The van der Waals surface area contributed by atoms with E-state index in [9.17, 15) is 0 Å². The molecule has 0 bridgehead atoms. The van der Waals surface area contributed by atoms with Gasteiger partial charge < -0.3 is 10.2 Å². The van der Waals surface area contributed by atoms with E-state index >= 15 is 0 Å². The van der Waals surface area contributed by atoms with Gasteiger partial charge in [0, 0.05) is 22.4 Å². The van der Waals surface area contributed by atoms with Gasteiger partial charge in [0.05, 0.1) is 22.6 Å². The maximum atomic E-state index is 6.54. The average Bonchev–Trinajstić information content (AvgIpc) is 2.72. The highest BCUT2D eigenvalue weighted by Gasteiger charge is 2.34. The number of aromatic nitrogens is 1. The Morgan fingerprint density at radius 1 is 0.900 bits per heavy atom. The molecule has 5 rings (SSSR count). The van der Waals surface area contributed by atoms with Gasteiger partial charge in [0.2, 0.25) is 0 Å². The third-order valence-corrected chi connectivity index (χ3v) is 5.96. The number of para-hydroxylation sites is 3.